The highest BCUT2D eigenvalue weighted by molar-refractivity contribution is 7.15. The highest BCUT2D eigenvalue weighted by Crippen LogP contribution is 2.21. The van der Waals surface area contributed by atoms with Crippen molar-refractivity contribution in [2.45, 2.75) is 33.7 Å². The average Bonchev–Trinajstić information content (AvgIpc) is 2.81. The number of aryl methyl sites for hydroxylation is 2. The first-order chi connectivity index (χ1) is 11.3. The van der Waals surface area contributed by atoms with Crippen molar-refractivity contribution in [1.82, 2.24) is 9.88 Å². The molecule has 2 rings (SSSR count). The smallest absolute Gasteiger partial charge is 0.254 e. The van der Waals surface area contributed by atoms with Gasteiger partial charge in [0.05, 0.1) is 5.69 Å². The summed E-state index contributed by atoms with van der Waals surface area (Å²) in [5, 5.41) is 3.22. The Morgan fingerprint density at radius 3 is 2.58 bits per heavy atom. The normalized spacial score (nSPS) is 10.8. The highest BCUT2D eigenvalue weighted by atomic mass is 32.1. The van der Waals surface area contributed by atoms with E-state index < -0.39 is 5.82 Å². The quantitative estimate of drug-likeness (QED) is 0.900. The fourth-order valence-electron chi connectivity index (χ4n) is 2.12. The molecule has 0 bridgehead atoms. The lowest BCUT2D eigenvalue weighted by atomic mass is 10.1. The lowest BCUT2D eigenvalue weighted by Crippen LogP contribution is -2.42. The molecule has 0 atom stereocenters. The van der Waals surface area contributed by atoms with Gasteiger partial charge in [-0.05, 0) is 45.9 Å². The van der Waals surface area contributed by atoms with Crippen molar-refractivity contribution in [2.75, 3.05) is 11.9 Å². The van der Waals surface area contributed by atoms with Crippen LogP contribution in [0.2, 0.25) is 0 Å². The number of benzene rings is 1. The Morgan fingerprint density at radius 2 is 2.04 bits per heavy atom. The zero-order valence-corrected chi connectivity index (χ0v) is 14.9. The van der Waals surface area contributed by atoms with Gasteiger partial charge >= 0.3 is 0 Å². The van der Waals surface area contributed by atoms with Crippen LogP contribution in [0, 0.1) is 19.7 Å². The SMILES string of the molecule is Cc1nc(NC(=O)CN(C(=O)c2cccc(F)c2)C(C)C)sc1C. The minimum absolute atomic E-state index is 0.120. The van der Waals surface area contributed by atoms with Crippen LogP contribution in [0.1, 0.15) is 34.8 Å². The molecule has 1 aromatic carbocycles. The molecule has 0 spiro atoms. The number of carbonyl (C=O) groups excluding carboxylic acids is 2. The zero-order chi connectivity index (χ0) is 17.9. The third kappa shape index (κ3) is 4.38. The van der Waals surface area contributed by atoms with Gasteiger partial charge in [0.15, 0.2) is 5.13 Å². The zero-order valence-electron chi connectivity index (χ0n) is 14.1. The summed E-state index contributed by atoms with van der Waals surface area (Å²) < 4.78 is 13.3. The molecular weight excluding hydrogens is 329 g/mol. The summed E-state index contributed by atoms with van der Waals surface area (Å²) in [6, 6.07) is 5.25. The minimum Gasteiger partial charge on any atom is -0.327 e. The van der Waals surface area contributed by atoms with Gasteiger partial charge in [-0.15, -0.1) is 11.3 Å². The minimum atomic E-state index is -0.484. The largest absolute Gasteiger partial charge is 0.327 e. The molecule has 0 fully saturated rings. The average molecular weight is 349 g/mol. The molecule has 0 aliphatic carbocycles. The van der Waals surface area contributed by atoms with E-state index >= 15 is 0 Å². The van der Waals surface area contributed by atoms with Gasteiger partial charge in [0.2, 0.25) is 5.91 Å². The Labute approximate surface area is 144 Å². The molecule has 1 aromatic heterocycles. The van der Waals surface area contributed by atoms with Gasteiger partial charge in [-0.2, -0.15) is 0 Å². The van der Waals surface area contributed by atoms with Crippen molar-refractivity contribution in [3.05, 3.63) is 46.2 Å². The lowest BCUT2D eigenvalue weighted by Gasteiger charge is -2.26. The molecule has 1 heterocycles. The van der Waals surface area contributed by atoms with Crippen LogP contribution in [0.25, 0.3) is 0 Å². The number of hydrogen-bond donors (Lipinski definition) is 1. The Bertz CT molecular complexity index is 739. The first kappa shape index (κ1) is 18.1. The van der Waals surface area contributed by atoms with Gasteiger partial charge < -0.3 is 10.2 Å². The number of rotatable bonds is 5. The maximum absolute atomic E-state index is 13.3. The van der Waals surface area contributed by atoms with E-state index in [-0.39, 0.29) is 30.0 Å². The molecule has 2 amide bonds. The van der Waals surface area contributed by atoms with Gasteiger partial charge in [-0.25, -0.2) is 9.37 Å². The second kappa shape index (κ2) is 7.53. The first-order valence-corrected chi connectivity index (χ1v) is 8.40. The van der Waals surface area contributed by atoms with Gasteiger partial charge in [-0.1, -0.05) is 6.07 Å². The van der Waals surface area contributed by atoms with Crippen molar-refractivity contribution in [1.29, 1.82) is 0 Å². The first-order valence-electron chi connectivity index (χ1n) is 7.58. The second-order valence-electron chi connectivity index (χ2n) is 5.75. The Balaban J connectivity index is 2.10. The van der Waals surface area contributed by atoms with Gasteiger partial charge in [0.1, 0.15) is 12.4 Å². The maximum Gasteiger partial charge on any atom is 0.254 e. The third-order valence-electron chi connectivity index (χ3n) is 3.54. The van der Waals surface area contributed by atoms with Crippen LogP contribution in [0.3, 0.4) is 0 Å². The number of amides is 2. The highest BCUT2D eigenvalue weighted by Gasteiger charge is 2.22. The van der Waals surface area contributed by atoms with E-state index in [2.05, 4.69) is 10.3 Å². The molecule has 2 aromatic rings. The van der Waals surface area contributed by atoms with Crippen LogP contribution < -0.4 is 5.32 Å². The molecule has 24 heavy (non-hydrogen) atoms. The van der Waals surface area contributed by atoms with Crippen LogP contribution in [0.15, 0.2) is 24.3 Å². The number of nitrogens with zero attached hydrogens (tertiary/aromatic N) is 2. The van der Waals surface area contributed by atoms with Crippen LogP contribution >= 0.6 is 11.3 Å². The number of carbonyl (C=O) groups is 2. The molecule has 1 N–H and O–H groups in total. The number of thiazole rings is 1. The molecule has 0 aliphatic rings. The van der Waals surface area contributed by atoms with Crippen molar-refractivity contribution < 1.29 is 14.0 Å². The number of aromatic nitrogens is 1. The molecule has 0 saturated carbocycles. The summed E-state index contributed by atoms with van der Waals surface area (Å²) in [5.74, 6) is -1.20. The number of halogens is 1. The van der Waals surface area contributed by atoms with Crippen molar-refractivity contribution in [3.8, 4) is 0 Å². The van der Waals surface area contributed by atoms with E-state index in [1.165, 1.54) is 40.5 Å². The number of hydrogen-bond acceptors (Lipinski definition) is 4. The molecule has 0 saturated heterocycles. The predicted molar refractivity (Wildman–Crippen MR) is 92.8 cm³/mol. The van der Waals surface area contributed by atoms with Crippen molar-refractivity contribution in [3.63, 3.8) is 0 Å². The summed E-state index contributed by atoms with van der Waals surface area (Å²) in [7, 11) is 0. The summed E-state index contributed by atoms with van der Waals surface area (Å²) in [5.41, 5.74) is 1.09. The Morgan fingerprint density at radius 1 is 1.33 bits per heavy atom. The van der Waals surface area contributed by atoms with Crippen molar-refractivity contribution >= 4 is 28.3 Å². The van der Waals surface area contributed by atoms with Crippen LogP contribution in [0.4, 0.5) is 9.52 Å². The van der Waals surface area contributed by atoms with Gasteiger partial charge in [0.25, 0.3) is 5.91 Å². The molecule has 0 aliphatic heterocycles. The van der Waals surface area contributed by atoms with Crippen LogP contribution in [-0.4, -0.2) is 34.3 Å². The van der Waals surface area contributed by atoms with E-state index in [1.54, 1.807) is 0 Å². The molecular formula is C17H20FN3O2S. The van der Waals surface area contributed by atoms with Crippen molar-refractivity contribution in [2.24, 2.45) is 0 Å². The van der Waals surface area contributed by atoms with E-state index in [0.717, 1.165) is 10.6 Å². The van der Waals surface area contributed by atoms with Crippen LogP contribution in [-0.2, 0) is 4.79 Å². The summed E-state index contributed by atoms with van der Waals surface area (Å²) in [6.45, 7) is 7.29. The molecule has 7 heteroatoms. The predicted octanol–water partition coefficient (Wildman–Crippen LogP) is 3.39. The van der Waals surface area contributed by atoms with E-state index in [9.17, 15) is 14.0 Å². The van der Waals surface area contributed by atoms with E-state index in [4.69, 9.17) is 0 Å². The monoisotopic (exact) mass is 349 g/mol. The molecule has 5 nitrogen and oxygen atoms in total. The summed E-state index contributed by atoms with van der Waals surface area (Å²) in [4.78, 5) is 31.5. The summed E-state index contributed by atoms with van der Waals surface area (Å²) in [6.07, 6.45) is 0. The fourth-order valence-corrected chi connectivity index (χ4v) is 2.95. The van der Waals surface area contributed by atoms with Gasteiger partial charge in [0, 0.05) is 16.5 Å². The lowest BCUT2D eigenvalue weighted by molar-refractivity contribution is -0.117. The van der Waals surface area contributed by atoms with Crippen LogP contribution in [0.5, 0.6) is 0 Å². The Hall–Kier alpha value is -2.28. The Kier molecular flexibility index (Phi) is 5.66. The molecule has 0 radical (unpaired) electrons. The molecule has 0 unspecified atom stereocenters. The number of anilines is 1. The fraction of sp³-hybridized carbons (Fsp3) is 0.353. The van der Waals surface area contributed by atoms with E-state index in [1.807, 2.05) is 27.7 Å². The standard InChI is InChI=1S/C17H20FN3O2S/c1-10(2)21(16(23)13-6-5-7-14(18)8-13)9-15(22)20-17-19-11(3)12(4)24-17/h5-8,10H,9H2,1-4H3,(H,19,20,22). The van der Waals surface area contributed by atoms with E-state index in [0.29, 0.717) is 5.13 Å². The number of nitrogens with one attached hydrogen (secondary N) is 1. The second-order valence-corrected chi connectivity index (χ2v) is 6.95. The van der Waals surface area contributed by atoms with Gasteiger partial charge in [-0.3, -0.25) is 9.59 Å². The molecule has 128 valence electrons. The third-order valence-corrected chi connectivity index (χ3v) is 4.53. The summed E-state index contributed by atoms with van der Waals surface area (Å²) >= 11 is 1.39. The topological polar surface area (TPSA) is 62.3 Å². The maximum atomic E-state index is 13.3.